The highest BCUT2D eigenvalue weighted by Crippen LogP contribution is 2.22. The molecule has 0 spiro atoms. The van der Waals surface area contributed by atoms with E-state index in [1.807, 2.05) is 54.6 Å². The Morgan fingerprint density at radius 3 is 2.67 bits per heavy atom. The van der Waals surface area contributed by atoms with Gasteiger partial charge in [0.05, 0.1) is 11.4 Å². The zero-order valence-electron chi connectivity index (χ0n) is 14.1. The molecule has 0 unspecified atom stereocenters. The van der Waals surface area contributed by atoms with Gasteiger partial charge in [0.15, 0.2) is 5.16 Å². The number of aromatic nitrogens is 2. The second-order valence-corrected chi connectivity index (χ2v) is 8.42. The van der Waals surface area contributed by atoms with Gasteiger partial charge in [0.25, 0.3) is 5.56 Å². The molecule has 0 atom stereocenters. The number of nitrogens with zero attached hydrogens (tertiary/aromatic N) is 1. The van der Waals surface area contributed by atoms with Crippen molar-refractivity contribution in [1.82, 2.24) is 9.97 Å². The highest BCUT2D eigenvalue weighted by molar-refractivity contribution is 9.10. The number of rotatable bonds is 7. The number of carbonyl (C=O) groups excluding carboxylic acids is 1. The number of thioether (sulfide) groups is 2. The lowest BCUT2D eigenvalue weighted by Gasteiger charge is -2.06. The standard InChI is InChI=1S/C19H16BrN3O2S2/c20-13-5-4-6-14(9-13)21-18(25)12-27-19-22-15(10-17(24)23-19)11-26-16-7-2-1-3-8-16/h1-10H,11-12H2,(H,21,25)(H,22,23,24). The van der Waals surface area contributed by atoms with Gasteiger partial charge in [-0.3, -0.25) is 9.59 Å². The fraction of sp³-hybridized carbons (Fsp3) is 0.105. The zero-order valence-corrected chi connectivity index (χ0v) is 17.4. The summed E-state index contributed by atoms with van der Waals surface area (Å²) in [6, 6.07) is 18.8. The quantitative estimate of drug-likeness (QED) is 0.398. The minimum atomic E-state index is -0.219. The van der Waals surface area contributed by atoms with Crippen molar-refractivity contribution in [3.8, 4) is 0 Å². The maximum Gasteiger partial charge on any atom is 0.251 e. The maximum atomic E-state index is 12.1. The third-order valence-corrected chi connectivity index (χ3v) is 5.76. The summed E-state index contributed by atoms with van der Waals surface area (Å²) in [5.74, 6) is 0.584. The highest BCUT2D eigenvalue weighted by Gasteiger charge is 2.08. The number of benzene rings is 2. The second-order valence-electron chi connectivity index (χ2n) is 5.49. The van der Waals surface area contributed by atoms with E-state index in [2.05, 4.69) is 31.2 Å². The lowest BCUT2D eigenvalue weighted by molar-refractivity contribution is -0.113. The molecule has 2 aromatic carbocycles. The molecule has 0 bridgehead atoms. The maximum absolute atomic E-state index is 12.1. The van der Waals surface area contributed by atoms with Crippen LogP contribution in [0.4, 0.5) is 5.69 Å². The molecule has 3 aromatic rings. The van der Waals surface area contributed by atoms with Crippen LogP contribution in [0.25, 0.3) is 0 Å². The van der Waals surface area contributed by atoms with Gasteiger partial charge in [-0.25, -0.2) is 4.98 Å². The van der Waals surface area contributed by atoms with Crippen molar-refractivity contribution in [2.75, 3.05) is 11.1 Å². The topological polar surface area (TPSA) is 74.8 Å². The van der Waals surface area contributed by atoms with Crippen LogP contribution in [0.5, 0.6) is 0 Å². The Morgan fingerprint density at radius 2 is 1.89 bits per heavy atom. The first-order valence-electron chi connectivity index (χ1n) is 8.05. The predicted octanol–water partition coefficient (Wildman–Crippen LogP) is 4.56. The number of carbonyl (C=O) groups is 1. The first-order chi connectivity index (χ1) is 13.1. The van der Waals surface area contributed by atoms with Crippen molar-refractivity contribution in [1.29, 1.82) is 0 Å². The van der Waals surface area contributed by atoms with Crippen LogP contribution in [-0.4, -0.2) is 21.6 Å². The van der Waals surface area contributed by atoms with E-state index in [1.165, 1.54) is 17.8 Å². The fourth-order valence-electron chi connectivity index (χ4n) is 2.20. The summed E-state index contributed by atoms with van der Waals surface area (Å²) < 4.78 is 0.891. The smallest absolute Gasteiger partial charge is 0.251 e. The van der Waals surface area contributed by atoms with Crippen LogP contribution in [0, 0.1) is 0 Å². The van der Waals surface area contributed by atoms with Crippen molar-refractivity contribution < 1.29 is 4.79 Å². The van der Waals surface area contributed by atoms with Crippen molar-refractivity contribution in [3.63, 3.8) is 0 Å². The molecule has 8 heteroatoms. The van der Waals surface area contributed by atoms with E-state index in [0.717, 1.165) is 9.37 Å². The monoisotopic (exact) mass is 461 g/mol. The Labute approximate surface area is 173 Å². The third kappa shape index (κ3) is 6.57. The van der Waals surface area contributed by atoms with Gasteiger partial charge in [-0.2, -0.15) is 0 Å². The number of aromatic amines is 1. The number of H-pyrrole nitrogens is 1. The van der Waals surface area contributed by atoms with Crippen molar-refractivity contribution in [3.05, 3.63) is 81.2 Å². The van der Waals surface area contributed by atoms with Crippen molar-refractivity contribution >= 4 is 51.0 Å². The molecule has 0 aliphatic carbocycles. The molecule has 0 radical (unpaired) electrons. The summed E-state index contributed by atoms with van der Waals surface area (Å²) in [6.07, 6.45) is 0. The number of hydrogen-bond acceptors (Lipinski definition) is 5. The molecule has 27 heavy (non-hydrogen) atoms. The molecule has 0 aliphatic rings. The Hall–Kier alpha value is -2.03. The van der Waals surface area contributed by atoms with Gasteiger partial charge in [0, 0.05) is 26.9 Å². The molecule has 1 aromatic heterocycles. The van der Waals surface area contributed by atoms with Crippen LogP contribution >= 0.6 is 39.5 Å². The van der Waals surface area contributed by atoms with E-state index in [0.29, 0.717) is 22.3 Å². The molecule has 1 amide bonds. The summed E-state index contributed by atoms with van der Waals surface area (Å²) in [5, 5.41) is 3.26. The summed E-state index contributed by atoms with van der Waals surface area (Å²) in [7, 11) is 0. The molecule has 0 saturated heterocycles. The Balaban J connectivity index is 1.57. The largest absolute Gasteiger partial charge is 0.325 e. The Morgan fingerprint density at radius 1 is 1.07 bits per heavy atom. The Bertz CT molecular complexity index is 980. The number of hydrogen-bond donors (Lipinski definition) is 2. The van der Waals surface area contributed by atoms with E-state index < -0.39 is 0 Å². The SMILES string of the molecule is O=C(CSc1nc(CSc2ccccc2)cc(=O)[nH]1)Nc1cccc(Br)c1. The molecule has 3 rings (SSSR count). The number of halogens is 1. The van der Waals surface area contributed by atoms with Crippen LogP contribution in [0.1, 0.15) is 5.69 Å². The normalized spacial score (nSPS) is 10.6. The predicted molar refractivity (Wildman–Crippen MR) is 114 cm³/mol. The molecule has 0 aliphatic heterocycles. The van der Waals surface area contributed by atoms with Gasteiger partial charge in [0.1, 0.15) is 0 Å². The molecule has 0 saturated carbocycles. The fourth-order valence-corrected chi connectivity index (χ4v) is 4.10. The van der Waals surface area contributed by atoms with E-state index in [-0.39, 0.29) is 17.2 Å². The van der Waals surface area contributed by atoms with Gasteiger partial charge in [-0.05, 0) is 30.3 Å². The first-order valence-corrected chi connectivity index (χ1v) is 10.8. The zero-order chi connectivity index (χ0) is 19.1. The third-order valence-electron chi connectivity index (χ3n) is 3.35. The number of amides is 1. The summed E-state index contributed by atoms with van der Waals surface area (Å²) in [5.41, 5.74) is 1.18. The van der Waals surface area contributed by atoms with Gasteiger partial charge in [-0.1, -0.05) is 52.0 Å². The molecular formula is C19H16BrN3O2S2. The molecule has 2 N–H and O–H groups in total. The molecular weight excluding hydrogens is 446 g/mol. The van der Waals surface area contributed by atoms with Crippen LogP contribution in [0.2, 0.25) is 0 Å². The van der Waals surface area contributed by atoms with Gasteiger partial charge >= 0.3 is 0 Å². The average molecular weight is 462 g/mol. The van der Waals surface area contributed by atoms with Crippen LogP contribution in [-0.2, 0) is 10.5 Å². The molecule has 5 nitrogen and oxygen atoms in total. The summed E-state index contributed by atoms with van der Waals surface area (Å²) in [6.45, 7) is 0. The molecule has 138 valence electrons. The number of anilines is 1. The second kappa shape index (κ2) is 9.77. The number of nitrogens with one attached hydrogen (secondary N) is 2. The summed E-state index contributed by atoms with van der Waals surface area (Å²) in [4.78, 5) is 32.2. The molecule has 1 heterocycles. The van der Waals surface area contributed by atoms with Crippen molar-refractivity contribution in [2.45, 2.75) is 15.8 Å². The lowest BCUT2D eigenvalue weighted by Crippen LogP contribution is -2.15. The van der Waals surface area contributed by atoms with Crippen LogP contribution < -0.4 is 10.9 Å². The van der Waals surface area contributed by atoms with E-state index >= 15 is 0 Å². The van der Waals surface area contributed by atoms with Crippen LogP contribution in [0.3, 0.4) is 0 Å². The van der Waals surface area contributed by atoms with E-state index in [4.69, 9.17) is 0 Å². The minimum absolute atomic E-state index is 0.157. The highest BCUT2D eigenvalue weighted by atomic mass is 79.9. The van der Waals surface area contributed by atoms with Crippen LogP contribution in [0.15, 0.2) is 80.0 Å². The lowest BCUT2D eigenvalue weighted by atomic mass is 10.3. The minimum Gasteiger partial charge on any atom is -0.325 e. The van der Waals surface area contributed by atoms with E-state index in [1.54, 1.807) is 11.8 Å². The van der Waals surface area contributed by atoms with E-state index in [9.17, 15) is 9.59 Å². The van der Waals surface area contributed by atoms with Gasteiger partial charge in [-0.15, -0.1) is 11.8 Å². The van der Waals surface area contributed by atoms with Gasteiger partial charge in [0.2, 0.25) is 5.91 Å². The first kappa shape index (κ1) is 19.7. The van der Waals surface area contributed by atoms with Crippen molar-refractivity contribution in [2.24, 2.45) is 0 Å². The summed E-state index contributed by atoms with van der Waals surface area (Å²) >= 11 is 6.18. The Kier molecular flexibility index (Phi) is 7.14. The average Bonchev–Trinajstić information content (AvgIpc) is 2.65. The van der Waals surface area contributed by atoms with Gasteiger partial charge < -0.3 is 10.3 Å². The molecule has 0 fully saturated rings.